The van der Waals surface area contributed by atoms with E-state index in [-0.39, 0.29) is 5.69 Å². The van der Waals surface area contributed by atoms with E-state index in [0.717, 1.165) is 0 Å². The maximum absolute atomic E-state index is 10.7. The summed E-state index contributed by atoms with van der Waals surface area (Å²) in [6.45, 7) is 2.22. The summed E-state index contributed by atoms with van der Waals surface area (Å²) in [5.74, 6) is 0.384. The Labute approximate surface area is 102 Å². The summed E-state index contributed by atoms with van der Waals surface area (Å²) < 4.78 is 4.82. The number of hydrogen-bond donors (Lipinski definition) is 2. The number of carboxylic acid groups (broad SMARTS) is 1. The Hall–Kier alpha value is -2.51. The van der Waals surface area contributed by atoms with Crippen LogP contribution >= 0.6 is 0 Å². The van der Waals surface area contributed by atoms with Gasteiger partial charge in [0.1, 0.15) is 5.82 Å². The van der Waals surface area contributed by atoms with E-state index < -0.39 is 5.97 Å². The molecular weight excluding hydrogens is 238 g/mol. The fraction of sp³-hybridized carbons (Fsp3) is 0.300. The van der Waals surface area contributed by atoms with Crippen LogP contribution in [0.25, 0.3) is 0 Å². The standard InChI is InChI=1S/C10H11N5O3/c1-6-13-8(15-18-6)2-3-12-9-5-11-4-7(14-9)10(16)17/h4-5H,2-3H2,1H3,(H,12,14)(H,16,17). The lowest BCUT2D eigenvalue weighted by atomic mass is 10.4. The van der Waals surface area contributed by atoms with Crippen molar-refractivity contribution < 1.29 is 14.4 Å². The van der Waals surface area contributed by atoms with Gasteiger partial charge in [-0.15, -0.1) is 0 Å². The molecule has 0 spiro atoms. The number of nitrogens with one attached hydrogen (secondary N) is 1. The highest BCUT2D eigenvalue weighted by Crippen LogP contribution is 2.03. The minimum Gasteiger partial charge on any atom is -0.476 e. The SMILES string of the molecule is Cc1nc(CCNc2cncc(C(=O)O)n2)no1. The molecule has 18 heavy (non-hydrogen) atoms. The largest absolute Gasteiger partial charge is 0.476 e. The minimum atomic E-state index is -1.11. The first-order valence-corrected chi connectivity index (χ1v) is 5.23. The molecule has 8 nitrogen and oxygen atoms in total. The van der Waals surface area contributed by atoms with Crippen molar-refractivity contribution in [3.05, 3.63) is 29.8 Å². The lowest BCUT2D eigenvalue weighted by Gasteiger charge is -2.03. The molecule has 0 amide bonds. The molecule has 94 valence electrons. The number of aryl methyl sites for hydroxylation is 1. The van der Waals surface area contributed by atoms with Crippen LogP contribution in [0, 0.1) is 6.92 Å². The molecule has 2 aromatic rings. The average molecular weight is 249 g/mol. The fourth-order valence-electron chi connectivity index (χ4n) is 1.30. The zero-order valence-electron chi connectivity index (χ0n) is 9.62. The third-order valence-corrected chi connectivity index (χ3v) is 2.08. The van der Waals surface area contributed by atoms with Crippen LogP contribution in [-0.4, -0.2) is 37.7 Å². The van der Waals surface area contributed by atoms with Crippen LogP contribution in [0.1, 0.15) is 22.2 Å². The lowest BCUT2D eigenvalue weighted by molar-refractivity contribution is 0.0690. The lowest BCUT2D eigenvalue weighted by Crippen LogP contribution is -2.10. The molecule has 2 aromatic heterocycles. The van der Waals surface area contributed by atoms with Crippen molar-refractivity contribution in [1.82, 2.24) is 20.1 Å². The van der Waals surface area contributed by atoms with Crippen LogP contribution in [0.4, 0.5) is 5.82 Å². The molecule has 0 aliphatic carbocycles. The Morgan fingerprint density at radius 1 is 1.44 bits per heavy atom. The summed E-state index contributed by atoms with van der Waals surface area (Å²) in [5.41, 5.74) is -0.101. The van der Waals surface area contributed by atoms with Gasteiger partial charge in [0.15, 0.2) is 11.5 Å². The van der Waals surface area contributed by atoms with Crippen molar-refractivity contribution in [1.29, 1.82) is 0 Å². The molecule has 0 fully saturated rings. The van der Waals surface area contributed by atoms with Crippen LogP contribution in [0.3, 0.4) is 0 Å². The van der Waals surface area contributed by atoms with E-state index in [1.54, 1.807) is 6.92 Å². The molecule has 2 N–H and O–H groups in total. The number of carbonyl (C=O) groups is 1. The molecular formula is C10H11N5O3. The van der Waals surface area contributed by atoms with Gasteiger partial charge in [0, 0.05) is 19.9 Å². The molecule has 0 saturated carbocycles. The predicted molar refractivity (Wildman–Crippen MR) is 60.2 cm³/mol. The van der Waals surface area contributed by atoms with E-state index in [0.29, 0.717) is 30.5 Å². The first-order chi connectivity index (χ1) is 8.65. The Bertz CT molecular complexity index is 554. The normalized spacial score (nSPS) is 10.3. The van der Waals surface area contributed by atoms with Crippen molar-refractivity contribution >= 4 is 11.8 Å². The van der Waals surface area contributed by atoms with Gasteiger partial charge >= 0.3 is 5.97 Å². The van der Waals surface area contributed by atoms with Crippen LogP contribution in [0.5, 0.6) is 0 Å². The molecule has 8 heteroatoms. The van der Waals surface area contributed by atoms with Gasteiger partial charge in [-0.2, -0.15) is 4.98 Å². The second kappa shape index (κ2) is 5.21. The number of aromatic carboxylic acids is 1. The predicted octanol–water partition coefficient (Wildman–Crippen LogP) is 0.521. The Kier molecular flexibility index (Phi) is 3.46. The number of aromatic nitrogens is 4. The first kappa shape index (κ1) is 12.0. The van der Waals surface area contributed by atoms with Gasteiger partial charge in [0.2, 0.25) is 5.89 Å². The Balaban J connectivity index is 1.90. The number of hydrogen-bond acceptors (Lipinski definition) is 7. The van der Waals surface area contributed by atoms with Gasteiger partial charge in [-0.1, -0.05) is 5.16 Å². The van der Waals surface area contributed by atoms with Crippen LogP contribution < -0.4 is 5.32 Å². The quantitative estimate of drug-likeness (QED) is 0.788. The smallest absolute Gasteiger partial charge is 0.356 e. The molecule has 2 rings (SSSR count). The van der Waals surface area contributed by atoms with Crippen molar-refractivity contribution in [2.24, 2.45) is 0 Å². The van der Waals surface area contributed by atoms with E-state index >= 15 is 0 Å². The van der Waals surface area contributed by atoms with Crippen LogP contribution in [0.2, 0.25) is 0 Å². The maximum Gasteiger partial charge on any atom is 0.356 e. The summed E-state index contributed by atoms with van der Waals surface area (Å²) in [6, 6.07) is 0. The van der Waals surface area contributed by atoms with Crippen molar-refractivity contribution in [2.75, 3.05) is 11.9 Å². The van der Waals surface area contributed by atoms with Crippen molar-refractivity contribution in [2.45, 2.75) is 13.3 Å². The van der Waals surface area contributed by atoms with E-state index in [2.05, 4.69) is 25.4 Å². The van der Waals surface area contributed by atoms with E-state index in [1.807, 2.05) is 0 Å². The maximum atomic E-state index is 10.7. The second-order valence-corrected chi connectivity index (χ2v) is 3.50. The third kappa shape index (κ3) is 3.00. The summed E-state index contributed by atoms with van der Waals surface area (Å²) in [7, 11) is 0. The zero-order valence-corrected chi connectivity index (χ0v) is 9.62. The number of anilines is 1. The summed E-state index contributed by atoms with van der Waals surface area (Å²) >= 11 is 0. The summed E-state index contributed by atoms with van der Waals surface area (Å²) in [5, 5.41) is 15.4. The molecule has 0 aliphatic rings. The molecule has 0 aromatic carbocycles. The van der Waals surface area contributed by atoms with Gasteiger partial charge < -0.3 is 14.9 Å². The van der Waals surface area contributed by atoms with Gasteiger partial charge in [0.25, 0.3) is 0 Å². The van der Waals surface area contributed by atoms with E-state index in [4.69, 9.17) is 9.63 Å². The number of nitrogens with zero attached hydrogens (tertiary/aromatic N) is 4. The minimum absolute atomic E-state index is 0.101. The van der Waals surface area contributed by atoms with Crippen molar-refractivity contribution in [3.63, 3.8) is 0 Å². The number of rotatable bonds is 5. The van der Waals surface area contributed by atoms with Gasteiger partial charge in [-0.3, -0.25) is 4.98 Å². The molecule has 2 heterocycles. The molecule has 0 atom stereocenters. The van der Waals surface area contributed by atoms with Crippen molar-refractivity contribution in [3.8, 4) is 0 Å². The summed E-state index contributed by atoms with van der Waals surface area (Å²) in [6.07, 6.45) is 3.19. The highest BCUT2D eigenvalue weighted by molar-refractivity contribution is 5.85. The van der Waals surface area contributed by atoms with Gasteiger partial charge in [-0.25, -0.2) is 9.78 Å². The van der Waals surface area contributed by atoms with Gasteiger partial charge in [0.05, 0.1) is 12.4 Å². The molecule has 0 saturated heterocycles. The zero-order chi connectivity index (χ0) is 13.0. The second-order valence-electron chi connectivity index (χ2n) is 3.50. The molecule has 0 radical (unpaired) electrons. The highest BCUT2D eigenvalue weighted by Gasteiger charge is 2.06. The summed E-state index contributed by atoms with van der Waals surface area (Å²) in [4.78, 5) is 22.4. The number of carboxylic acids is 1. The first-order valence-electron chi connectivity index (χ1n) is 5.23. The monoisotopic (exact) mass is 249 g/mol. The fourth-order valence-corrected chi connectivity index (χ4v) is 1.30. The molecule has 0 aliphatic heterocycles. The van der Waals surface area contributed by atoms with E-state index in [9.17, 15) is 4.79 Å². The van der Waals surface area contributed by atoms with Crippen LogP contribution in [-0.2, 0) is 6.42 Å². The van der Waals surface area contributed by atoms with Crippen LogP contribution in [0.15, 0.2) is 16.9 Å². The highest BCUT2D eigenvalue weighted by atomic mass is 16.5. The average Bonchev–Trinajstić information content (AvgIpc) is 2.75. The van der Waals surface area contributed by atoms with Gasteiger partial charge in [-0.05, 0) is 0 Å². The third-order valence-electron chi connectivity index (χ3n) is 2.08. The van der Waals surface area contributed by atoms with E-state index in [1.165, 1.54) is 12.4 Å². The Morgan fingerprint density at radius 2 is 2.28 bits per heavy atom. The topological polar surface area (TPSA) is 114 Å². The molecule has 0 unspecified atom stereocenters. The Morgan fingerprint density at radius 3 is 2.94 bits per heavy atom. The molecule has 0 bridgehead atoms.